The minimum absolute atomic E-state index is 0.0218. The highest BCUT2D eigenvalue weighted by molar-refractivity contribution is 5.82. The number of carbonyl (C=O) groups is 2. The van der Waals surface area contributed by atoms with E-state index in [2.05, 4.69) is 4.99 Å². The molecule has 0 bridgehead atoms. The summed E-state index contributed by atoms with van der Waals surface area (Å²) >= 11 is 0. The number of nitrogens with zero attached hydrogens (tertiary/aromatic N) is 1. The van der Waals surface area contributed by atoms with Crippen LogP contribution in [-0.2, 0) is 19.1 Å². The SMILES string of the molecule is CC(C)[C@H](C[NH2+][C@H]([O-])[C@@]1(O)[C@H](OC2CCC3C(C2)[OH+]C(C(N)=O)C(C2CCC(O)CC2)C3O)O[C@H](C(=O)[O-])[C@@H](O)[C@@H]1O)CC1=C[CH+]N=C1. The lowest BCUT2D eigenvalue weighted by Crippen LogP contribution is -3.02. The minimum atomic E-state index is -2.78. The van der Waals surface area contributed by atoms with Crippen LogP contribution < -0.4 is 21.3 Å². The van der Waals surface area contributed by atoms with Crippen LogP contribution >= 0.6 is 0 Å². The number of hydrogen-bond acceptors (Lipinski definition) is 12. The topological polar surface area (TPSA) is 268 Å². The lowest BCUT2D eigenvalue weighted by Gasteiger charge is -2.53. The van der Waals surface area contributed by atoms with E-state index in [4.69, 9.17) is 19.9 Å². The van der Waals surface area contributed by atoms with Gasteiger partial charge in [-0.15, -0.1) is 4.99 Å². The van der Waals surface area contributed by atoms with Gasteiger partial charge in [-0.05, 0) is 50.4 Å². The van der Waals surface area contributed by atoms with E-state index in [-0.39, 0.29) is 36.6 Å². The molecule has 0 radical (unpaired) electrons. The van der Waals surface area contributed by atoms with Crippen LogP contribution in [0.3, 0.4) is 0 Å². The number of aliphatic hydroxyl groups is 7. The van der Waals surface area contributed by atoms with E-state index in [9.17, 15) is 45.3 Å². The van der Waals surface area contributed by atoms with Crippen LogP contribution in [0.25, 0.3) is 0 Å². The molecule has 0 aromatic carbocycles. The van der Waals surface area contributed by atoms with Gasteiger partial charge in [0.2, 0.25) is 6.10 Å². The van der Waals surface area contributed by atoms with E-state index < -0.39 is 84.7 Å². The fourth-order valence-electron chi connectivity index (χ4n) is 8.43. The average Bonchev–Trinajstić information content (AvgIpc) is 3.56. The van der Waals surface area contributed by atoms with Crippen molar-refractivity contribution in [2.24, 2.45) is 40.3 Å². The van der Waals surface area contributed by atoms with Crippen LogP contribution in [0.15, 0.2) is 16.6 Å². The van der Waals surface area contributed by atoms with Crippen molar-refractivity contribution < 1.29 is 64.9 Å². The molecule has 10 N–H and O–H groups in total. The third kappa shape index (κ3) is 7.60. The van der Waals surface area contributed by atoms with Gasteiger partial charge in [-0.2, -0.15) is 0 Å². The number of carboxylic acids is 1. The van der Waals surface area contributed by atoms with E-state index in [1.54, 1.807) is 12.8 Å². The summed E-state index contributed by atoms with van der Waals surface area (Å²) in [5, 5.41) is 81.9. The summed E-state index contributed by atoms with van der Waals surface area (Å²) in [7, 11) is 0. The number of primary amides is 1. The summed E-state index contributed by atoms with van der Waals surface area (Å²) in [4.78, 5) is 28.5. The summed E-state index contributed by atoms with van der Waals surface area (Å²) in [6.07, 6.45) is -6.61. The summed E-state index contributed by atoms with van der Waals surface area (Å²) in [5.74, 6) is -3.23. The molecule has 0 aromatic rings. The van der Waals surface area contributed by atoms with E-state index in [1.165, 1.54) is 5.32 Å². The van der Waals surface area contributed by atoms with Crippen molar-refractivity contribution in [3.8, 4) is 0 Å². The Balaban J connectivity index is 1.30. The number of fused-ring (bicyclic) bond motifs is 1. The molecule has 48 heavy (non-hydrogen) atoms. The van der Waals surface area contributed by atoms with Gasteiger partial charge in [0.15, 0.2) is 24.2 Å². The Kier molecular flexibility index (Phi) is 11.9. The Morgan fingerprint density at radius 3 is 2.48 bits per heavy atom. The zero-order valence-electron chi connectivity index (χ0n) is 27.5. The molecule has 2 saturated heterocycles. The van der Waals surface area contributed by atoms with Crippen molar-refractivity contribution in [2.45, 2.75) is 132 Å². The van der Waals surface area contributed by atoms with Crippen molar-refractivity contribution in [3.05, 3.63) is 18.2 Å². The first kappa shape index (κ1) is 37.1. The van der Waals surface area contributed by atoms with E-state index in [1.807, 2.05) is 19.9 Å². The first-order valence-electron chi connectivity index (χ1n) is 17.2. The Labute approximate surface area is 280 Å². The first-order valence-corrected chi connectivity index (χ1v) is 17.2. The van der Waals surface area contributed by atoms with Gasteiger partial charge < -0.3 is 65.8 Å². The van der Waals surface area contributed by atoms with Crippen LogP contribution in [-0.4, -0.2) is 122 Å². The number of carboxylic acid groups (broad SMARTS) is 1. The van der Waals surface area contributed by atoms with Gasteiger partial charge in [0.05, 0.1) is 55.0 Å². The molecule has 1 amide bonds. The van der Waals surface area contributed by atoms with Crippen LogP contribution in [0.1, 0.15) is 65.2 Å². The van der Waals surface area contributed by atoms with Crippen molar-refractivity contribution in [1.82, 2.24) is 0 Å². The van der Waals surface area contributed by atoms with E-state index >= 15 is 0 Å². The molecule has 2 aliphatic carbocycles. The fraction of sp³-hybridized carbons (Fsp3) is 0.818. The number of aliphatic imine (C=N–C) groups is 1. The predicted molar refractivity (Wildman–Crippen MR) is 164 cm³/mol. The Morgan fingerprint density at radius 1 is 1.17 bits per heavy atom. The zero-order chi connectivity index (χ0) is 34.9. The second-order valence-electron chi connectivity index (χ2n) is 14.7. The fourth-order valence-corrected chi connectivity index (χ4v) is 8.43. The molecule has 0 spiro atoms. The maximum Gasteiger partial charge on any atom is 0.297 e. The number of amides is 1. The second kappa shape index (κ2) is 15.4. The molecule has 4 fully saturated rings. The van der Waals surface area contributed by atoms with Gasteiger partial charge in [-0.25, -0.2) is 0 Å². The number of nitrogens with two attached hydrogens (primary N) is 2. The van der Waals surface area contributed by atoms with Crippen LogP contribution in [0.4, 0.5) is 0 Å². The number of aliphatic hydroxyl groups excluding tert-OH is 4. The molecule has 15 heteroatoms. The lowest BCUT2D eigenvalue weighted by atomic mass is 9.66. The number of quaternary nitrogens is 1. The molecule has 15 nitrogen and oxygen atoms in total. The van der Waals surface area contributed by atoms with Gasteiger partial charge >= 0.3 is 0 Å². The lowest BCUT2D eigenvalue weighted by molar-refractivity contribution is -0.837. The minimum Gasteiger partial charge on any atom is -0.804 e. The Bertz CT molecular complexity index is 1190. The van der Waals surface area contributed by atoms with E-state index in [0.29, 0.717) is 44.9 Å². The highest BCUT2D eigenvalue weighted by Gasteiger charge is 2.61. The van der Waals surface area contributed by atoms with Crippen molar-refractivity contribution in [1.29, 1.82) is 0 Å². The molecule has 5 rings (SSSR count). The zero-order valence-corrected chi connectivity index (χ0v) is 27.5. The van der Waals surface area contributed by atoms with Gasteiger partial charge in [-0.3, -0.25) is 4.79 Å². The third-order valence-corrected chi connectivity index (χ3v) is 11.4. The molecule has 2 saturated carbocycles. The normalized spacial score (nSPS) is 42.8. The van der Waals surface area contributed by atoms with Crippen LogP contribution in [0.2, 0.25) is 0 Å². The number of carbonyl (C=O) groups excluding carboxylic acids is 2. The second-order valence-corrected chi connectivity index (χ2v) is 14.7. The molecule has 0 aromatic heterocycles. The smallest absolute Gasteiger partial charge is 0.297 e. The van der Waals surface area contributed by atoms with Gasteiger partial charge in [-0.1, -0.05) is 13.8 Å². The standard InChI is InChI=1S/C33H51N3O12/c1-15(2)18(11-16-9-10-35-13-16)14-36-31(44)33(45)28(40)25(39)27(30(42)43)48-32(33)46-20-7-8-21-22(12-20)47-26(29(34)41)23(24(21)38)17-3-5-19(37)6-4-17/h9-10,13,15,17-28,31-32,36-40,45H,3-8,11-12,14H2,1-2H3,(H2,34,41)(H,42,43)/p+1/t17?,18-,19?,20?,21?,22?,23?,24?,25+,26?,27-,28-,31+,32+,33+/m0/s1. The van der Waals surface area contributed by atoms with E-state index in [0.717, 1.165) is 5.57 Å². The number of ether oxygens (including phenoxy) is 3. The number of hydrogen-bond donors (Lipinski definition) is 7. The monoisotopic (exact) mass is 682 g/mol. The largest absolute Gasteiger partial charge is 0.804 e. The molecule has 3 heterocycles. The summed E-state index contributed by atoms with van der Waals surface area (Å²) in [6, 6.07) is 0. The van der Waals surface area contributed by atoms with Gasteiger partial charge in [0.25, 0.3) is 5.91 Å². The van der Waals surface area contributed by atoms with Crippen molar-refractivity contribution >= 4 is 18.1 Å². The quantitative estimate of drug-likeness (QED) is 0.0585. The number of aliphatic carboxylic acids is 1. The molecule has 13 atom stereocenters. The molecular formula is C33H52N3O12+. The molecule has 6 unspecified atom stereocenters. The third-order valence-electron chi connectivity index (χ3n) is 11.4. The molecular weight excluding hydrogens is 630 g/mol. The molecule has 5 aliphatic rings. The Hall–Kier alpha value is -2.18. The predicted octanol–water partition coefficient (Wildman–Crippen LogP) is -4.52. The summed E-state index contributed by atoms with van der Waals surface area (Å²) in [6.45, 7) is 5.90. The van der Waals surface area contributed by atoms with Gasteiger partial charge in [0.1, 0.15) is 30.4 Å². The average molecular weight is 683 g/mol. The van der Waals surface area contributed by atoms with Gasteiger partial charge in [0, 0.05) is 18.8 Å². The highest BCUT2D eigenvalue weighted by Crippen LogP contribution is 2.45. The van der Waals surface area contributed by atoms with Crippen molar-refractivity contribution in [3.63, 3.8) is 0 Å². The number of allylic oxidation sites excluding steroid dienone is 1. The number of rotatable bonds is 12. The molecule has 3 aliphatic heterocycles. The first-order chi connectivity index (χ1) is 22.7. The Morgan fingerprint density at radius 2 is 1.88 bits per heavy atom. The maximum absolute atomic E-state index is 13.8. The highest BCUT2D eigenvalue weighted by atomic mass is 16.7. The molecule has 270 valence electrons. The van der Waals surface area contributed by atoms with Crippen LogP contribution in [0, 0.1) is 36.1 Å². The summed E-state index contributed by atoms with van der Waals surface area (Å²) < 4.78 is 16.3. The van der Waals surface area contributed by atoms with Crippen molar-refractivity contribution in [2.75, 3.05) is 6.54 Å². The summed E-state index contributed by atoms with van der Waals surface area (Å²) in [5.41, 5.74) is 3.98. The van der Waals surface area contributed by atoms with Crippen LogP contribution in [0.5, 0.6) is 0 Å². The maximum atomic E-state index is 13.8.